The summed E-state index contributed by atoms with van der Waals surface area (Å²) in [5.74, 6) is 1.15. The largest absolute Gasteiger partial charge is 0.436 e. The lowest BCUT2D eigenvalue weighted by Crippen LogP contribution is -2.34. The lowest BCUT2D eigenvalue weighted by atomic mass is 10.2. The van der Waals surface area contributed by atoms with E-state index in [-0.39, 0.29) is 5.91 Å². The van der Waals surface area contributed by atoms with E-state index >= 15 is 0 Å². The van der Waals surface area contributed by atoms with Crippen LogP contribution < -0.4 is 0 Å². The van der Waals surface area contributed by atoms with Gasteiger partial charge in [0.15, 0.2) is 5.89 Å². The molecule has 4 heteroatoms. The monoisotopic (exact) mass is 312 g/mol. The van der Waals surface area contributed by atoms with E-state index < -0.39 is 0 Å². The van der Waals surface area contributed by atoms with E-state index in [9.17, 15) is 4.79 Å². The smallest absolute Gasteiger partial charge is 0.291 e. The first-order valence-corrected chi connectivity index (χ1v) is 7.92. The van der Waals surface area contributed by atoms with Crippen molar-refractivity contribution in [2.24, 2.45) is 5.92 Å². The second-order valence-corrected chi connectivity index (χ2v) is 6.06. The first-order chi connectivity index (χ1) is 11.0. The van der Waals surface area contributed by atoms with E-state index in [2.05, 4.69) is 18.8 Å². The molecule has 0 fully saturated rings. The SMILES string of the molecule is Cc1nc(C)c(C(=O)N(C/C=C/c2ccccc2)CC(C)C)o1. The predicted octanol–water partition coefficient (Wildman–Crippen LogP) is 4.10. The third kappa shape index (κ3) is 4.81. The van der Waals surface area contributed by atoms with Gasteiger partial charge in [0.2, 0.25) is 5.76 Å². The second-order valence-electron chi connectivity index (χ2n) is 6.06. The third-order valence-corrected chi connectivity index (χ3v) is 3.41. The van der Waals surface area contributed by atoms with Gasteiger partial charge < -0.3 is 9.32 Å². The molecule has 0 bridgehead atoms. The van der Waals surface area contributed by atoms with E-state index in [0.717, 1.165) is 5.56 Å². The van der Waals surface area contributed by atoms with Crippen molar-refractivity contribution in [3.8, 4) is 0 Å². The highest BCUT2D eigenvalue weighted by molar-refractivity contribution is 5.92. The van der Waals surface area contributed by atoms with E-state index in [1.54, 1.807) is 18.7 Å². The number of aromatic nitrogens is 1. The lowest BCUT2D eigenvalue weighted by molar-refractivity contribution is 0.0722. The molecule has 0 aliphatic rings. The number of hydrogen-bond acceptors (Lipinski definition) is 3. The summed E-state index contributed by atoms with van der Waals surface area (Å²) >= 11 is 0. The molecule has 1 heterocycles. The quantitative estimate of drug-likeness (QED) is 0.806. The van der Waals surface area contributed by atoms with Crippen molar-refractivity contribution in [2.45, 2.75) is 27.7 Å². The van der Waals surface area contributed by atoms with Crippen molar-refractivity contribution >= 4 is 12.0 Å². The lowest BCUT2D eigenvalue weighted by Gasteiger charge is -2.22. The normalized spacial score (nSPS) is 11.3. The van der Waals surface area contributed by atoms with Gasteiger partial charge in [-0.3, -0.25) is 4.79 Å². The first kappa shape index (κ1) is 17.0. The molecule has 2 aromatic rings. The fourth-order valence-corrected chi connectivity index (χ4v) is 2.43. The molecule has 0 aliphatic heterocycles. The fraction of sp³-hybridized carbons (Fsp3) is 0.368. The molecule has 1 amide bonds. The van der Waals surface area contributed by atoms with Crippen LogP contribution in [0.5, 0.6) is 0 Å². The zero-order valence-corrected chi connectivity index (χ0v) is 14.2. The van der Waals surface area contributed by atoms with Crippen molar-refractivity contribution < 1.29 is 9.21 Å². The van der Waals surface area contributed by atoms with Crippen LogP contribution in [0, 0.1) is 19.8 Å². The Morgan fingerprint density at radius 2 is 1.96 bits per heavy atom. The topological polar surface area (TPSA) is 46.3 Å². The van der Waals surface area contributed by atoms with Gasteiger partial charge in [0.1, 0.15) is 0 Å². The zero-order chi connectivity index (χ0) is 16.8. The Morgan fingerprint density at radius 1 is 1.26 bits per heavy atom. The summed E-state index contributed by atoms with van der Waals surface area (Å²) in [6.07, 6.45) is 4.03. The van der Waals surface area contributed by atoms with E-state index in [0.29, 0.717) is 36.4 Å². The minimum Gasteiger partial charge on any atom is -0.436 e. The summed E-state index contributed by atoms with van der Waals surface area (Å²) in [6, 6.07) is 10.1. The minimum absolute atomic E-state index is 0.102. The first-order valence-electron chi connectivity index (χ1n) is 7.92. The predicted molar refractivity (Wildman–Crippen MR) is 92.2 cm³/mol. The molecule has 0 unspecified atom stereocenters. The molecule has 122 valence electrons. The summed E-state index contributed by atoms with van der Waals surface area (Å²) in [4.78, 5) is 18.7. The standard InChI is InChI=1S/C19H24N2O2/c1-14(2)13-21(12-8-11-17-9-6-5-7-10-17)19(22)18-15(3)20-16(4)23-18/h5-11,14H,12-13H2,1-4H3/b11-8+. The molecule has 0 aliphatic carbocycles. The average Bonchev–Trinajstić information content (AvgIpc) is 2.85. The molecule has 0 saturated heterocycles. The molecule has 0 atom stereocenters. The summed E-state index contributed by atoms with van der Waals surface area (Å²) in [6.45, 7) is 8.98. The molecular weight excluding hydrogens is 288 g/mol. The molecular formula is C19H24N2O2. The van der Waals surface area contributed by atoms with Crippen molar-refractivity contribution in [1.82, 2.24) is 9.88 Å². The molecule has 0 spiro atoms. The number of rotatable bonds is 6. The molecule has 0 N–H and O–H groups in total. The van der Waals surface area contributed by atoms with Crippen molar-refractivity contribution in [2.75, 3.05) is 13.1 Å². The van der Waals surface area contributed by atoms with Gasteiger partial charge in [0.25, 0.3) is 5.91 Å². The van der Waals surface area contributed by atoms with Gasteiger partial charge in [-0.15, -0.1) is 0 Å². The molecule has 0 radical (unpaired) electrons. The number of hydrogen-bond donors (Lipinski definition) is 0. The van der Waals surface area contributed by atoms with Crippen LogP contribution in [0.3, 0.4) is 0 Å². The minimum atomic E-state index is -0.102. The number of benzene rings is 1. The van der Waals surface area contributed by atoms with Crippen LogP contribution in [0.4, 0.5) is 0 Å². The molecule has 23 heavy (non-hydrogen) atoms. The van der Waals surface area contributed by atoms with Crippen LogP contribution in [0.15, 0.2) is 40.8 Å². The Labute approximate surface area is 137 Å². The number of carbonyl (C=O) groups is 1. The maximum atomic E-state index is 12.7. The Kier molecular flexibility index (Phi) is 5.74. The van der Waals surface area contributed by atoms with Crippen LogP contribution in [-0.2, 0) is 0 Å². The third-order valence-electron chi connectivity index (χ3n) is 3.41. The van der Waals surface area contributed by atoms with E-state index in [1.807, 2.05) is 42.5 Å². The van der Waals surface area contributed by atoms with Gasteiger partial charge in [0, 0.05) is 20.0 Å². The maximum absolute atomic E-state index is 12.7. The Hall–Kier alpha value is -2.36. The van der Waals surface area contributed by atoms with E-state index in [1.165, 1.54) is 0 Å². The summed E-state index contributed by atoms with van der Waals surface area (Å²) in [7, 11) is 0. The molecule has 1 aromatic carbocycles. The highest BCUT2D eigenvalue weighted by Crippen LogP contribution is 2.14. The number of carbonyl (C=O) groups excluding carboxylic acids is 1. The van der Waals surface area contributed by atoms with Crippen LogP contribution in [0.25, 0.3) is 6.08 Å². The Morgan fingerprint density at radius 3 is 2.52 bits per heavy atom. The second kappa shape index (κ2) is 7.77. The summed E-state index contributed by atoms with van der Waals surface area (Å²) < 4.78 is 5.48. The van der Waals surface area contributed by atoms with Crippen LogP contribution in [0.1, 0.15) is 41.6 Å². The highest BCUT2D eigenvalue weighted by atomic mass is 16.4. The van der Waals surface area contributed by atoms with Gasteiger partial charge >= 0.3 is 0 Å². The molecule has 1 aromatic heterocycles. The molecule has 4 nitrogen and oxygen atoms in total. The summed E-state index contributed by atoms with van der Waals surface area (Å²) in [5, 5.41) is 0. The van der Waals surface area contributed by atoms with Crippen LogP contribution in [-0.4, -0.2) is 28.9 Å². The Bertz CT molecular complexity index is 672. The summed E-state index contributed by atoms with van der Waals surface area (Å²) in [5.41, 5.74) is 1.77. The highest BCUT2D eigenvalue weighted by Gasteiger charge is 2.22. The number of aryl methyl sites for hydroxylation is 2. The fourth-order valence-electron chi connectivity index (χ4n) is 2.43. The van der Waals surface area contributed by atoms with Crippen LogP contribution in [0.2, 0.25) is 0 Å². The number of oxazole rings is 1. The van der Waals surface area contributed by atoms with Gasteiger partial charge in [0.05, 0.1) is 5.69 Å². The van der Waals surface area contributed by atoms with Gasteiger partial charge in [-0.1, -0.05) is 56.3 Å². The van der Waals surface area contributed by atoms with Crippen molar-refractivity contribution in [3.05, 3.63) is 59.3 Å². The number of nitrogens with zero attached hydrogens (tertiary/aromatic N) is 2. The van der Waals surface area contributed by atoms with Gasteiger partial charge in [-0.25, -0.2) is 4.98 Å². The van der Waals surface area contributed by atoms with Crippen molar-refractivity contribution in [1.29, 1.82) is 0 Å². The Balaban J connectivity index is 2.12. The zero-order valence-electron chi connectivity index (χ0n) is 14.2. The van der Waals surface area contributed by atoms with E-state index in [4.69, 9.17) is 4.42 Å². The maximum Gasteiger partial charge on any atom is 0.291 e. The van der Waals surface area contributed by atoms with Crippen LogP contribution >= 0.6 is 0 Å². The molecule has 2 rings (SSSR count). The number of amides is 1. The molecule has 0 saturated carbocycles. The average molecular weight is 312 g/mol. The van der Waals surface area contributed by atoms with Gasteiger partial charge in [-0.05, 0) is 18.4 Å². The van der Waals surface area contributed by atoms with Crippen molar-refractivity contribution in [3.63, 3.8) is 0 Å². The van der Waals surface area contributed by atoms with Gasteiger partial charge in [-0.2, -0.15) is 0 Å².